The summed E-state index contributed by atoms with van der Waals surface area (Å²) < 4.78 is 6.99. The molecule has 0 bridgehead atoms. The van der Waals surface area contributed by atoms with Gasteiger partial charge in [-0.05, 0) is 59.3 Å². The molecule has 3 aromatic rings. The molecule has 1 N–H and O–H groups in total. The predicted molar refractivity (Wildman–Crippen MR) is 100.0 cm³/mol. The van der Waals surface area contributed by atoms with E-state index in [1.807, 2.05) is 6.92 Å². The number of aromatic nitrogens is 2. The molecule has 1 amide bonds. The van der Waals surface area contributed by atoms with Crippen LogP contribution in [0, 0.1) is 0 Å². The van der Waals surface area contributed by atoms with Gasteiger partial charge >= 0.3 is 5.91 Å². The molecular formula is C17H16BrN3O3S. The summed E-state index contributed by atoms with van der Waals surface area (Å²) in [7, 11) is 0. The number of amides is 1. The third-order valence-corrected chi connectivity index (χ3v) is 6.00. The maximum absolute atomic E-state index is 13.1. The lowest BCUT2D eigenvalue weighted by Crippen LogP contribution is -2.36. The van der Waals surface area contributed by atoms with Gasteiger partial charge in [0.2, 0.25) is 0 Å². The highest BCUT2D eigenvalue weighted by Gasteiger charge is 2.23. The molecule has 0 fully saturated rings. The van der Waals surface area contributed by atoms with Crippen LogP contribution in [-0.2, 0) is 19.3 Å². The Hall–Kier alpha value is -1.93. The van der Waals surface area contributed by atoms with Crippen molar-refractivity contribution >= 4 is 43.4 Å². The summed E-state index contributed by atoms with van der Waals surface area (Å²) >= 11 is 4.78. The second-order valence-corrected chi connectivity index (χ2v) is 7.82. The summed E-state index contributed by atoms with van der Waals surface area (Å²) in [6.45, 7) is 1.91. The first kappa shape index (κ1) is 16.5. The normalized spacial score (nSPS) is 13.8. The SMILES string of the molecule is CCc1nc2sc3c(c2c(=O)n1NC(=O)c1ccc(Br)o1)CCCC3. The van der Waals surface area contributed by atoms with Crippen molar-refractivity contribution in [1.82, 2.24) is 9.66 Å². The first-order valence-corrected chi connectivity index (χ1v) is 9.82. The highest BCUT2D eigenvalue weighted by Crippen LogP contribution is 2.33. The van der Waals surface area contributed by atoms with Gasteiger partial charge in [-0.15, -0.1) is 11.3 Å². The molecule has 0 radical (unpaired) electrons. The third-order valence-electron chi connectivity index (χ3n) is 4.38. The van der Waals surface area contributed by atoms with E-state index in [-0.39, 0.29) is 11.3 Å². The molecule has 0 unspecified atom stereocenters. The number of carbonyl (C=O) groups excluding carboxylic acids is 1. The molecule has 0 spiro atoms. The topological polar surface area (TPSA) is 77.1 Å². The van der Waals surface area contributed by atoms with Crippen molar-refractivity contribution in [3.63, 3.8) is 0 Å². The largest absolute Gasteiger partial charge is 0.444 e. The zero-order valence-corrected chi connectivity index (χ0v) is 16.0. The number of rotatable bonds is 3. The summed E-state index contributed by atoms with van der Waals surface area (Å²) in [4.78, 5) is 32.2. The number of fused-ring (bicyclic) bond motifs is 3. The number of carbonyl (C=O) groups is 1. The van der Waals surface area contributed by atoms with Crippen molar-refractivity contribution < 1.29 is 9.21 Å². The van der Waals surface area contributed by atoms with Gasteiger partial charge in [0.1, 0.15) is 10.7 Å². The standard InChI is InChI=1S/C17H16BrN3O3S/c1-2-13-19-16-14(9-5-3-4-6-11(9)25-16)17(23)21(13)20-15(22)10-7-8-12(18)24-10/h7-8H,2-6H2,1H3,(H,20,22). The van der Waals surface area contributed by atoms with Crippen LogP contribution in [0.15, 0.2) is 26.0 Å². The fourth-order valence-electron chi connectivity index (χ4n) is 3.19. The van der Waals surface area contributed by atoms with Crippen LogP contribution in [0.25, 0.3) is 10.2 Å². The summed E-state index contributed by atoms with van der Waals surface area (Å²) in [5.41, 5.74) is 3.54. The van der Waals surface area contributed by atoms with Gasteiger partial charge in [0.15, 0.2) is 10.4 Å². The van der Waals surface area contributed by atoms with Crippen LogP contribution in [-0.4, -0.2) is 15.6 Å². The first-order chi connectivity index (χ1) is 12.1. The second kappa shape index (κ2) is 6.42. The van der Waals surface area contributed by atoms with Crippen molar-refractivity contribution in [1.29, 1.82) is 0 Å². The molecule has 8 heteroatoms. The Kier molecular flexibility index (Phi) is 4.24. The number of halogens is 1. The molecular weight excluding hydrogens is 406 g/mol. The minimum Gasteiger partial charge on any atom is -0.444 e. The minimum absolute atomic E-state index is 0.133. The van der Waals surface area contributed by atoms with E-state index in [0.29, 0.717) is 22.3 Å². The summed E-state index contributed by atoms with van der Waals surface area (Å²) in [6, 6.07) is 3.18. The van der Waals surface area contributed by atoms with E-state index in [9.17, 15) is 9.59 Å². The molecule has 130 valence electrons. The Morgan fingerprint density at radius 1 is 1.40 bits per heavy atom. The number of thiophene rings is 1. The summed E-state index contributed by atoms with van der Waals surface area (Å²) in [6.07, 6.45) is 4.68. The van der Waals surface area contributed by atoms with Crippen molar-refractivity contribution in [2.24, 2.45) is 0 Å². The maximum atomic E-state index is 13.1. The molecule has 1 aliphatic carbocycles. The van der Waals surface area contributed by atoms with E-state index >= 15 is 0 Å². The summed E-state index contributed by atoms with van der Waals surface area (Å²) in [5, 5.41) is 0.651. The van der Waals surface area contributed by atoms with Gasteiger partial charge in [0.05, 0.1) is 5.39 Å². The Bertz CT molecular complexity index is 1030. The predicted octanol–water partition coefficient (Wildman–Crippen LogP) is 3.64. The zero-order chi connectivity index (χ0) is 17.6. The molecule has 0 saturated carbocycles. The van der Waals surface area contributed by atoms with Crippen LogP contribution in [0.1, 0.15) is 46.6 Å². The molecule has 0 atom stereocenters. The number of furan rings is 1. The second-order valence-electron chi connectivity index (χ2n) is 5.96. The van der Waals surface area contributed by atoms with Gasteiger partial charge in [-0.1, -0.05) is 6.92 Å². The molecule has 0 aliphatic heterocycles. The molecule has 4 rings (SSSR count). The van der Waals surface area contributed by atoms with Crippen LogP contribution in [0.2, 0.25) is 0 Å². The lowest BCUT2D eigenvalue weighted by atomic mass is 9.97. The zero-order valence-electron chi connectivity index (χ0n) is 13.6. The van der Waals surface area contributed by atoms with Gasteiger partial charge < -0.3 is 4.42 Å². The highest BCUT2D eigenvalue weighted by atomic mass is 79.9. The van der Waals surface area contributed by atoms with Crippen molar-refractivity contribution in [3.8, 4) is 0 Å². The van der Waals surface area contributed by atoms with Crippen LogP contribution in [0.4, 0.5) is 0 Å². The van der Waals surface area contributed by atoms with Crippen LogP contribution < -0.4 is 11.0 Å². The molecule has 0 aromatic carbocycles. The molecule has 3 aromatic heterocycles. The fraction of sp³-hybridized carbons (Fsp3) is 0.353. The smallest absolute Gasteiger partial charge is 0.305 e. The van der Waals surface area contributed by atoms with E-state index in [0.717, 1.165) is 36.1 Å². The monoisotopic (exact) mass is 421 g/mol. The first-order valence-electron chi connectivity index (χ1n) is 8.21. The molecule has 0 saturated heterocycles. The molecule has 25 heavy (non-hydrogen) atoms. The van der Waals surface area contributed by atoms with Crippen LogP contribution in [0.5, 0.6) is 0 Å². The van der Waals surface area contributed by atoms with Gasteiger partial charge in [-0.25, -0.2) is 9.66 Å². The quantitative estimate of drug-likeness (QED) is 0.699. The van der Waals surface area contributed by atoms with Crippen molar-refractivity contribution in [2.75, 3.05) is 5.43 Å². The molecule has 6 nitrogen and oxygen atoms in total. The molecule has 3 heterocycles. The number of hydrogen-bond acceptors (Lipinski definition) is 5. The summed E-state index contributed by atoms with van der Waals surface area (Å²) in [5.74, 6) is 0.191. The van der Waals surface area contributed by atoms with Gasteiger partial charge in [-0.3, -0.25) is 15.0 Å². The number of nitrogens with one attached hydrogen (secondary N) is 1. The third kappa shape index (κ3) is 2.83. The molecule has 1 aliphatic rings. The fourth-order valence-corrected chi connectivity index (χ4v) is 4.77. The Morgan fingerprint density at radius 2 is 2.20 bits per heavy atom. The van der Waals surface area contributed by atoms with Crippen LogP contribution >= 0.6 is 27.3 Å². The van der Waals surface area contributed by atoms with Crippen molar-refractivity contribution in [3.05, 3.63) is 49.2 Å². The number of hydrogen-bond donors (Lipinski definition) is 1. The van der Waals surface area contributed by atoms with E-state index in [2.05, 4.69) is 26.3 Å². The Balaban J connectivity index is 1.83. The average Bonchev–Trinajstić information content (AvgIpc) is 3.20. The van der Waals surface area contributed by atoms with E-state index < -0.39 is 5.91 Å². The minimum atomic E-state index is -0.479. The lowest BCUT2D eigenvalue weighted by molar-refractivity contribution is 0.0978. The number of aryl methyl sites for hydroxylation is 3. The van der Waals surface area contributed by atoms with Gasteiger partial charge in [0, 0.05) is 11.3 Å². The Labute approximate surface area is 156 Å². The van der Waals surface area contributed by atoms with Gasteiger partial charge in [-0.2, -0.15) is 0 Å². The van der Waals surface area contributed by atoms with Crippen molar-refractivity contribution in [2.45, 2.75) is 39.0 Å². The van der Waals surface area contributed by atoms with Gasteiger partial charge in [0.25, 0.3) is 5.56 Å². The average molecular weight is 422 g/mol. The van der Waals surface area contributed by atoms with E-state index in [4.69, 9.17) is 4.42 Å². The van der Waals surface area contributed by atoms with Crippen LogP contribution in [0.3, 0.4) is 0 Å². The van der Waals surface area contributed by atoms with E-state index in [1.54, 1.807) is 23.5 Å². The van der Waals surface area contributed by atoms with E-state index in [1.165, 1.54) is 9.55 Å². The lowest BCUT2D eigenvalue weighted by Gasteiger charge is -2.13. The number of nitrogens with zero attached hydrogens (tertiary/aromatic N) is 2. The maximum Gasteiger partial charge on any atom is 0.305 e. The Morgan fingerprint density at radius 3 is 2.92 bits per heavy atom. The highest BCUT2D eigenvalue weighted by molar-refractivity contribution is 9.10.